The van der Waals surface area contributed by atoms with Crippen molar-refractivity contribution in [3.05, 3.63) is 23.8 Å². The maximum Gasteiger partial charge on any atom is 0.254 e. The summed E-state index contributed by atoms with van der Waals surface area (Å²) in [5, 5.41) is 0. The molecule has 1 amide bonds. The van der Waals surface area contributed by atoms with Crippen LogP contribution in [0.5, 0.6) is 11.5 Å². The fraction of sp³-hybridized carbons (Fsp3) is 0.562. The molecule has 1 aliphatic heterocycles. The minimum Gasteiger partial charge on any atom is -0.497 e. The fourth-order valence-electron chi connectivity index (χ4n) is 2.78. The molecule has 0 radical (unpaired) electrons. The van der Waals surface area contributed by atoms with Crippen LogP contribution < -0.4 is 15.2 Å². The maximum atomic E-state index is 12.7. The summed E-state index contributed by atoms with van der Waals surface area (Å²) in [4.78, 5) is 14.6. The third-order valence-corrected chi connectivity index (χ3v) is 4.20. The lowest BCUT2D eigenvalue weighted by Crippen LogP contribution is -2.49. The minimum atomic E-state index is 0.0116. The van der Waals surface area contributed by atoms with Crippen LogP contribution in [-0.2, 0) is 0 Å². The highest BCUT2D eigenvalue weighted by molar-refractivity contribution is 5.95. The maximum absolute atomic E-state index is 12.7. The predicted molar refractivity (Wildman–Crippen MR) is 81.8 cm³/mol. The van der Waals surface area contributed by atoms with Crippen molar-refractivity contribution in [2.75, 3.05) is 27.3 Å². The second-order valence-electron chi connectivity index (χ2n) is 5.47. The lowest BCUT2D eigenvalue weighted by atomic mass is 9.90. The second-order valence-corrected chi connectivity index (χ2v) is 5.47. The summed E-state index contributed by atoms with van der Waals surface area (Å²) >= 11 is 0. The number of hydrogen-bond donors (Lipinski definition) is 1. The van der Waals surface area contributed by atoms with Gasteiger partial charge in [0, 0.05) is 30.8 Å². The molecule has 2 atom stereocenters. The molecule has 1 aromatic rings. The van der Waals surface area contributed by atoms with Crippen LogP contribution in [0.2, 0.25) is 0 Å². The highest BCUT2D eigenvalue weighted by Gasteiger charge is 2.28. The van der Waals surface area contributed by atoms with Crippen molar-refractivity contribution in [1.29, 1.82) is 0 Å². The first-order chi connectivity index (χ1) is 10.1. The standard InChI is InChI=1S/C16H24N2O3/c1-4-11-10-18(6-5-15(11)17)16(19)12-7-13(20-2)9-14(8-12)21-3/h7-9,11,15H,4-6,10,17H2,1-3H3. The predicted octanol–water partition coefficient (Wildman–Crippen LogP) is 1.90. The Morgan fingerprint density at radius 2 is 1.90 bits per heavy atom. The molecule has 1 heterocycles. The lowest BCUT2D eigenvalue weighted by Gasteiger charge is -2.36. The van der Waals surface area contributed by atoms with E-state index >= 15 is 0 Å². The van der Waals surface area contributed by atoms with Crippen LogP contribution in [0.1, 0.15) is 30.1 Å². The Morgan fingerprint density at radius 1 is 1.29 bits per heavy atom. The van der Waals surface area contributed by atoms with Gasteiger partial charge in [-0.05, 0) is 24.5 Å². The van der Waals surface area contributed by atoms with Crippen LogP contribution in [-0.4, -0.2) is 44.2 Å². The lowest BCUT2D eigenvalue weighted by molar-refractivity contribution is 0.0648. The summed E-state index contributed by atoms with van der Waals surface area (Å²) in [5.74, 6) is 1.63. The van der Waals surface area contributed by atoms with Crippen molar-refractivity contribution in [3.63, 3.8) is 0 Å². The van der Waals surface area contributed by atoms with Crippen molar-refractivity contribution in [3.8, 4) is 11.5 Å². The third kappa shape index (κ3) is 3.47. The van der Waals surface area contributed by atoms with Crippen LogP contribution in [0.25, 0.3) is 0 Å². The van der Waals surface area contributed by atoms with Crippen molar-refractivity contribution < 1.29 is 14.3 Å². The average Bonchev–Trinajstić information content (AvgIpc) is 2.54. The number of carbonyl (C=O) groups excluding carboxylic acids is 1. The minimum absolute atomic E-state index is 0.0116. The van der Waals surface area contributed by atoms with E-state index in [-0.39, 0.29) is 11.9 Å². The molecular formula is C16H24N2O3. The van der Waals surface area contributed by atoms with Gasteiger partial charge in [-0.3, -0.25) is 4.79 Å². The molecule has 2 N–H and O–H groups in total. The first kappa shape index (κ1) is 15.6. The van der Waals surface area contributed by atoms with Crippen LogP contribution >= 0.6 is 0 Å². The number of benzene rings is 1. The summed E-state index contributed by atoms with van der Waals surface area (Å²) in [5.41, 5.74) is 6.70. The summed E-state index contributed by atoms with van der Waals surface area (Å²) in [7, 11) is 3.16. The van der Waals surface area contributed by atoms with Gasteiger partial charge in [0.1, 0.15) is 11.5 Å². The van der Waals surface area contributed by atoms with Gasteiger partial charge < -0.3 is 20.1 Å². The number of nitrogens with zero attached hydrogens (tertiary/aromatic N) is 1. The number of piperidine rings is 1. The Labute approximate surface area is 126 Å². The Hall–Kier alpha value is -1.75. The molecule has 0 aliphatic carbocycles. The Kier molecular flexibility index (Phi) is 5.07. The van der Waals surface area contributed by atoms with E-state index in [0.29, 0.717) is 29.5 Å². The van der Waals surface area contributed by atoms with E-state index in [9.17, 15) is 4.79 Å². The van der Waals surface area contributed by atoms with Crippen LogP contribution in [0.3, 0.4) is 0 Å². The van der Waals surface area contributed by atoms with Gasteiger partial charge in [0.2, 0.25) is 0 Å². The molecule has 1 saturated heterocycles. The van der Waals surface area contributed by atoms with Gasteiger partial charge in [-0.2, -0.15) is 0 Å². The third-order valence-electron chi connectivity index (χ3n) is 4.20. The molecule has 0 aromatic heterocycles. The highest BCUT2D eigenvalue weighted by atomic mass is 16.5. The first-order valence-corrected chi connectivity index (χ1v) is 7.37. The quantitative estimate of drug-likeness (QED) is 0.920. The van der Waals surface area contributed by atoms with Gasteiger partial charge in [0.25, 0.3) is 5.91 Å². The van der Waals surface area contributed by atoms with Gasteiger partial charge in [-0.25, -0.2) is 0 Å². The van der Waals surface area contributed by atoms with Gasteiger partial charge in [-0.15, -0.1) is 0 Å². The summed E-state index contributed by atoms with van der Waals surface area (Å²) in [6.45, 7) is 3.54. The van der Waals surface area contributed by atoms with Crippen LogP contribution in [0, 0.1) is 5.92 Å². The molecule has 116 valence electrons. The van der Waals surface area contributed by atoms with E-state index < -0.39 is 0 Å². The number of methoxy groups -OCH3 is 2. The Morgan fingerprint density at radius 3 is 2.43 bits per heavy atom. The zero-order chi connectivity index (χ0) is 15.4. The zero-order valence-corrected chi connectivity index (χ0v) is 13.0. The second kappa shape index (κ2) is 6.80. The van der Waals surface area contributed by atoms with Gasteiger partial charge in [0.05, 0.1) is 14.2 Å². The van der Waals surface area contributed by atoms with E-state index in [1.54, 1.807) is 32.4 Å². The number of likely N-dealkylation sites (tertiary alicyclic amines) is 1. The van der Waals surface area contributed by atoms with E-state index in [4.69, 9.17) is 15.2 Å². The number of nitrogens with two attached hydrogens (primary N) is 1. The van der Waals surface area contributed by atoms with Crippen LogP contribution in [0.15, 0.2) is 18.2 Å². The molecular weight excluding hydrogens is 268 g/mol. The Balaban J connectivity index is 2.19. The van der Waals surface area contributed by atoms with E-state index in [0.717, 1.165) is 19.4 Å². The molecule has 1 aliphatic rings. The number of ether oxygens (including phenoxy) is 2. The molecule has 21 heavy (non-hydrogen) atoms. The molecule has 5 nitrogen and oxygen atoms in total. The molecule has 2 rings (SSSR count). The fourth-order valence-corrected chi connectivity index (χ4v) is 2.78. The SMILES string of the molecule is CCC1CN(C(=O)c2cc(OC)cc(OC)c2)CCC1N. The molecule has 0 bridgehead atoms. The highest BCUT2D eigenvalue weighted by Crippen LogP contribution is 2.25. The van der Waals surface area contributed by atoms with Crippen LogP contribution in [0.4, 0.5) is 0 Å². The monoisotopic (exact) mass is 292 g/mol. The molecule has 1 fully saturated rings. The smallest absolute Gasteiger partial charge is 0.254 e. The van der Waals surface area contributed by atoms with Gasteiger partial charge in [0.15, 0.2) is 0 Å². The van der Waals surface area contributed by atoms with Crippen molar-refractivity contribution in [2.24, 2.45) is 11.7 Å². The molecule has 0 spiro atoms. The summed E-state index contributed by atoms with van der Waals surface area (Å²) in [6, 6.07) is 5.46. The van der Waals surface area contributed by atoms with Gasteiger partial charge >= 0.3 is 0 Å². The molecule has 1 aromatic carbocycles. The largest absolute Gasteiger partial charge is 0.497 e. The van der Waals surface area contributed by atoms with E-state index in [1.165, 1.54) is 0 Å². The number of amides is 1. The van der Waals surface area contributed by atoms with E-state index in [2.05, 4.69) is 6.92 Å². The number of rotatable bonds is 4. The number of carbonyl (C=O) groups is 1. The van der Waals surface area contributed by atoms with Crippen molar-refractivity contribution in [2.45, 2.75) is 25.8 Å². The summed E-state index contributed by atoms with van der Waals surface area (Å²) in [6.07, 6.45) is 1.84. The van der Waals surface area contributed by atoms with E-state index in [1.807, 2.05) is 4.90 Å². The topological polar surface area (TPSA) is 64.8 Å². The first-order valence-electron chi connectivity index (χ1n) is 7.37. The summed E-state index contributed by atoms with van der Waals surface area (Å²) < 4.78 is 10.4. The zero-order valence-electron chi connectivity index (χ0n) is 13.0. The average molecular weight is 292 g/mol. The number of hydrogen-bond acceptors (Lipinski definition) is 4. The van der Waals surface area contributed by atoms with Crippen molar-refractivity contribution in [1.82, 2.24) is 4.90 Å². The molecule has 0 saturated carbocycles. The molecule has 2 unspecified atom stereocenters. The van der Waals surface area contributed by atoms with Crippen molar-refractivity contribution >= 4 is 5.91 Å². The Bertz CT molecular complexity index is 482. The van der Waals surface area contributed by atoms with Gasteiger partial charge in [-0.1, -0.05) is 13.3 Å². The normalized spacial score (nSPS) is 22.0. The molecule has 5 heteroatoms.